The van der Waals surface area contributed by atoms with Crippen molar-refractivity contribution >= 4 is 11.9 Å². The van der Waals surface area contributed by atoms with Crippen LogP contribution in [0.4, 0.5) is 0 Å². The smallest absolute Gasteiger partial charge is 0.344 e. The van der Waals surface area contributed by atoms with Crippen molar-refractivity contribution in [1.29, 1.82) is 0 Å². The lowest BCUT2D eigenvalue weighted by Gasteiger charge is -2.10. The summed E-state index contributed by atoms with van der Waals surface area (Å²) in [5.74, 6) is 0.139. The van der Waals surface area contributed by atoms with Crippen LogP contribution in [0.25, 0.3) is 0 Å². The molecule has 0 radical (unpaired) electrons. The minimum Gasteiger partial charge on any atom is -0.452 e. The molecule has 3 rings (SSSR count). The molecule has 6 heteroatoms. The van der Waals surface area contributed by atoms with Gasteiger partial charge in [0.1, 0.15) is 11.3 Å². The summed E-state index contributed by atoms with van der Waals surface area (Å²) in [6, 6.07) is 20.5. The summed E-state index contributed by atoms with van der Waals surface area (Å²) in [7, 11) is 0. The number of pyridine rings is 1. The Balaban J connectivity index is 1.46. The van der Waals surface area contributed by atoms with Crippen molar-refractivity contribution < 1.29 is 19.1 Å². The van der Waals surface area contributed by atoms with Crippen molar-refractivity contribution in [1.82, 2.24) is 10.3 Å². The highest BCUT2D eigenvalue weighted by Gasteiger charge is 2.17. The Kier molecular flexibility index (Phi) is 7.76. The van der Waals surface area contributed by atoms with Crippen LogP contribution in [0.2, 0.25) is 0 Å². The predicted octanol–water partition coefficient (Wildman–Crippen LogP) is 4.51. The van der Waals surface area contributed by atoms with Gasteiger partial charge in [-0.25, -0.2) is 9.78 Å². The minimum absolute atomic E-state index is 0.129. The van der Waals surface area contributed by atoms with Gasteiger partial charge in [0.2, 0.25) is 5.88 Å². The zero-order valence-electron chi connectivity index (χ0n) is 17.7. The van der Waals surface area contributed by atoms with Gasteiger partial charge in [-0.1, -0.05) is 56.3 Å². The zero-order chi connectivity index (χ0) is 22.1. The van der Waals surface area contributed by atoms with Crippen LogP contribution < -0.4 is 10.1 Å². The number of benzene rings is 2. The zero-order valence-corrected chi connectivity index (χ0v) is 17.7. The Labute approximate surface area is 182 Å². The molecule has 0 spiro atoms. The van der Waals surface area contributed by atoms with Gasteiger partial charge in [-0.05, 0) is 47.7 Å². The van der Waals surface area contributed by atoms with Crippen LogP contribution in [0.1, 0.15) is 41.3 Å². The van der Waals surface area contributed by atoms with E-state index in [0.717, 1.165) is 5.56 Å². The summed E-state index contributed by atoms with van der Waals surface area (Å²) in [5.41, 5.74) is 2.58. The molecule has 1 aromatic heterocycles. The fraction of sp³-hybridized carbons (Fsp3) is 0.240. The van der Waals surface area contributed by atoms with Crippen molar-refractivity contribution in [2.45, 2.75) is 26.2 Å². The van der Waals surface area contributed by atoms with Crippen molar-refractivity contribution in [3.8, 4) is 11.6 Å². The summed E-state index contributed by atoms with van der Waals surface area (Å²) in [6.07, 6.45) is 2.23. The number of rotatable bonds is 9. The molecule has 160 valence electrons. The molecule has 0 saturated carbocycles. The summed E-state index contributed by atoms with van der Waals surface area (Å²) in [4.78, 5) is 28.6. The number of aromatic nitrogens is 1. The average molecular weight is 418 g/mol. The molecular weight excluding hydrogens is 392 g/mol. The number of amides is 1. The van der Waals surface area contributed by atoms with Gasteiger partial charge in [0, 0.05) is 12.7 Å². The Morgan fingerprint density at radius 3 is 2.42 bits per heavy atom. The van der Waals surface area contributed by atoms with Crippen LogP contribution >= 0.6 is 0 Å². The van der Waals surface area contributed by atoms with E-state index in [0.29, 0.717) is 24.6 Å². The molecular formula is C25H26N2O4. The van der Waals surface area contributed by atoms with Crippen molar-refractivity contribution in [2.75, 3.05) is 13.2 Å². The maximum Gasteiger partial charge on any atom is 0.344 e. The van der Waals surface area contributed by atoms with Gasteiger partial charge < -0.3 is 14.8 Å². The molecule has 0 aliphatic heterocycles. The number of nitrogens with one attached hydrogen (secondary N) is 1. The van der Waals surface area contributed by atoms with Crippen molar-refractivity contribution in [3.05, 3.63) is 89.6 Å². The number of carbonyl (C=O) groups excluding carboxylic acids is 2. The van der Waals surface area contributed by atoms with Crippen molar-refractivity contribution in [3.63, 3.8) is 0 Å². The number of esters is 1. The lowest BCUT2D eigenvalue weighted by molar-refractivity contribution is -0.124. The fourth-order valence-corrected chi connectivity index (χ4v) is 2.90. The number of hydrogen-bond donors (Lipinski definition) is 1. The van der Waals surface area contributed by atoms with Crippen LogP contribution in [-0.4, -0.2) is 30.0 Å². The molecule has 1 N–H and O–H groups in total. The van der Waals surface area contributed by atoms with Gasteiger partial charge >= 0.3 is 5.97 Å². The molecule has 0 aliphatic rings. The number of hydrogen-bond acceptors (Lipinski definition) is 5. The van der Waals surface area contributed by atoms with Crippen LogP contribution in [-0.2, 0) is 16.0 Å². The van der Waals surface area contributed by atoms with E-state index in [1.165, 1.54) is 11.8 Å². The van der Waals surface area contributed by atoms with E-state index in [1.807, 2.05) is 18.2 Å². The number of para-hydroxylation sites is 1. The molecule has 2 aromatic carbocycles. The Morgan fingerprint density at radius 1 is 0.968 bits per heavy atom. The van der Waals surface area contributed by atoms with Gasteiger partial charge in [-0.15, -0.1) is 0 Å². The third-order valence-corrected chi connectivity index (χ3v) is 4.67. The maximum absolute atomic E-state index is 12.4. The highest BCUT2D eigenvalue weighted by molar-refractivity contribution is 5.93. The van der Waals surface area contributed by atoms with Gasteiger partial charge in [-0.2, -0.15) is 0 Å². The van der Waals surface area contributed by atoms with Gasteiger partial charge in [0.25, 0.3) is 5.91 Å². The van der Waals surface area contributed by atoms with Crippen LogP contribution in [0.3, 0.4) is 0 Å². The third-order valence-electron chi connectivity index (χ3n) is 4.67. The quantitative estimate of drug-likeness (QED) is 0.517. The lowest BCUT2D eigenvalue weighted by Crippen LogP contribution is -2.30. The van der Waals surface area contributed by atoms with E-state index in [2.05, 4.69) is 48.4 Å². The maximum atomic E-state index is 12.4. The number of ether oxygens (including phenoxy) is 2. The summed E-state index contributed by atoms with van der Waals surface area (Å²) < 4.78 is 10.8. The molecule has 0 saturated heterocycles. The first-order chi connectivity index (χ1) is 15.0. The Bertz CT molecular complexity index is 1000. The summed E-state index contributed by atoms with van der Waals surface area (Å²) in [6.45, 7) is 4.40. The average Bonchev–Trinajstić information content (AvgIpc) is 2.79. The molecule has 3 aromatic rings. The number of carbonyl (C=O) groups is 2. The first-order valence-electron chi connectivity index (χ1n) is 10.2. The SMILES string of the molecule is CC(C)c1ccc(CCNC(=O)COC(=O)c2cccnc2Oc2ccccc2)cc1. The van der Waals surface area contributed by atoms with E-state index in [9.17, 15) is 9.59 Å². The molecule has 0 aliphatic carbocycles. The predicted molar refractivity (Wildman–Crippen MR) is 118 cm³/mol. The van der Waals surface area contributed by atoms with Crippen LogP contribution in [0, 0.1) is 0 Å². The highest BCUT2D eigenvalue weighted by Crippen LogP contribution is 2.23. The third kappa shape index (κ3) is 6.67. The fourth-order valence-electron chi connectivity index (χ4n) is 2.90. The normalized spacial score (nSPS) is 10.5. The van der Waals surface area contributed by atoms with E-state index in [4.69, 9.17) is 9.47 Å². The number of nitrogens with zero attached hydrogens (tertiary/aromatic N) is 1. The van der Waals surface area contributed by atoms with E-state index >= 15 is 0 Å². The second-order valence-electron chi connectivity index (χ2n) is 7.34. The second kappa shape index (κ2) is 10.9. The highest BCUT2D eigenvalue weighted by atomic mass is 16.5. The topological polar surface area (TPSA) is 77.5 Å². The Morgan fingerprint density at radius 2 is 1.71 bits per heavy atom. The van der Waals surface area contributed by atoms with Gasteiger partial charge in [-0.3, -0.25) is 4.79 Å². The lowest BCUT2D eigenvalue weighted by atomic mass is 10.0. The van der Waals surface area contributed by atoms with Gasteiger partial charge in [0.15, 0.2) is 6.61 Å². The molecule has 0 bridgehead atoms. The molecule has 0 atom stereocenters. The van der Waals surface area contributed by atoms with E-state index < -0.39 is 5.97 Å². The molecule has 1 heterocycles. The molecule has 0 unspecified atom stereocenters. The molecule has 6 nitrogen and oxygen atoms in total. The molecule has 31 heavy (non-hydrogen) atoms. The first kappa shape index (κ1) is 22.0. The molecule has 0 fully saturated rings. The minimum atomic E-state index is -0.668. The first-order valence-corrected chi connectivity index (χ1v) is 10.2. The van der Waals surface area contributed by atoms with Gasteiger partial charge in [0.05, 0.1) is 0 Å². The van der Waals surface area contributed by atoms with E-state index in [1.54, 1.807) is 24.3 Å². The summed E-state index contributed by atoms with van der Waals surface area (Å²) >= 11 is 0. The monoisotopic (exact) mass is 418 g/mol. The van der Waals surface area contributed by atoms with Crippen molar-refractivity contribution in [2.24, 2.45) is 0 Å². The second-order valence-corrected chi connectivity index (χ2v) is 7.34. The van der Waals surface area contributed by atoms with Crippen LogP contribution in [0.5, 0.6) is 11.6 Å². The standard InChI is InChI=1S/C25H26N2O4/c1-18(2)20-12-10-19(11-13-20)14-16-26-23(28)17-30-25(29)22-9-6-15-27-24(22)31-21-7-4-3-5-8-21/h3-13,15,18H,14,16-17H2,1-2H3,(H,26,28). The van der Waals surface area contributed by atoms with E-state index in [-0.39, 0.29) is 24.0 Å². The largest absolute Gasteiger partial charge is 0.452 e. The Hall–Kier alpha value is -3.67. The molecule has 1 amide bonds. The summed E-state index contributed by atoms with van der Waals surface area (Å²) in [5, 5.41) is 2.77. The van der Waals surface area contributed by atoms with Crippen LogP contribution in [0.15, 0.2) is 72.9 Å².